The van der Waals surface area contributed by atoms with Gasteiger partial charge in [-0.15, -0.1) is 0 Å². The van der Waals surface area contributed by atoms with Gasteiger partial charge in [0.1, 0.15) is 16.9 Å². The molecule has 0 saturated heterocycles. The summed E-state index contributed by atoms with van der Waals surface area (Å²) in [5.74, 6) is 0.623. The highest BCUT2D eigenvalue weighted by Crippen LogP contribution is 2.43. The second-order valence-corrected chi connectivity index (χ2v) is 8.88. The molecule has 0 aliphatic carbocycles. The van der Waals surface area contributed by atoms with E-state index >= 15 is 0 Å². The molecule has 3 aromatic heterocycles. The molecule has 0 saturated carbocycles. The molecule has 8 nitrogen and oxygen atoms in total. The second-order valence-electron chi connectivity index (χ2n) is 8.88. The SMILES string of the molecule is CC1(C)Cc2cc(NC(=O)c3cnn4cccnc34)c(N3Cc4cccnc4C3)cc2O1. The number of amides is 1. The summed E-state index contributed by atoms with van der Waals surface area (Å²) >= 11 is 0. The number of rotatable bonds is 3. The number of hydrogen-bond donors (Lipinski definition) is 1. The maximum absolute atomic E-state index is 13.2. The van der Waals surface area contributed by atoms with E-state index in [9.17, 15) is 4.79 Å². The number of hydrogen-bond acceptors (Lipinski definition) is 6. The molecule has 0 radical (unpaired) electrons. The van der Waals surface area contributed by atoms with Crippen molar-refractivity contribution in [1.82, 2.24) is 19.6 Å². The minimum Gasteiger partial charge on any atom is -0.487 e. The van der Waals surface area contributed by atoms with Crippen LogP contribution in [0.5, 0.6) is 5.75 Å². The smallest absolute Gasteiger partial charge is 0.261 e. The zero-order chi connectivity index (χ0) is 21.9. The van der Waals surface area contributed by atoms with Crippen molar-refractivity contribution in [2.45, 2.75) is 39.0 Å². The summed E-state index contributed by atoms with van der Waals surface area (Å²) in [6, 6.07) is 9.91. The number of carbonyl (C=O) groups excluding carboxylic acids is 1. The van der Waals surface area contributed by atoms with Gasteiger partial charge in [-0.2, -0.15) is 5.10 Å². The monoisotopic (exact) mass is 426 g/mol. The highest BCUT2D eigenvalue weighted by molar-refractivity contribution is 6.09. The molecule has 0 fully saturated rings. The number of nitrogens with zero attached hydrogens (tertiary/aromatic N) is 5. The van der Waals surface area contributed by atoms with Crippen molar-refractivity contribution < 1.29 is 9.53 Å². The van der Waals surface area contributed by atoms with Gasteiger partial charge in [-0.05, 0) is 37.6 Å². The van der Waals surface area contributed by atoms with Gasteiger partial charge in [-0.1, -0.05) is 6.07 Å². The predicted octanol–water partition coefficient (Wildman–Crippen LogP) is 3.61. The number of benzene rings is 1. The van der Waals surface area contributed by atoms with E-state index < -0.39 is 0 Å². The third-order valence-electron chi connectivity index (χ3n) is 5.98. The first-order valence-corrected chi connectivity index (χ1v) is 10.6. The van der Waals surface area contributed by atoms with Gasteiger partial charge in [0.15, 0.2) is 5.65 Å². The zero-order valence-corrected chi connectivity index (χ0v) is 17.9. The Bertz CT molecular complexity index is 1350. The molecule has 0 unspecified atom stereocenters. The van der Waals surface area contributed by atoms with Crippen molar-refractivity contribution in [3.05, 3.63) is 77.5 Å². The van der Waals surface area contributed by atoms with Crippen LogP contribution in [0, 0.1) is 0 Å². The Morgan fingerprint density at radius 3 is 2.88 bits per heavy atom. The van der Waals surface area contributed by atoms with E-state index in [4.69, 9.17) is 4.74 Å². The van der Waals surface area contributed by atoms with Gasteiger partial charge in [0.25, 0.3) is 5.91 Å². The minimum absolute atomic E-state index is 0.243. The first-order chi connectivity index (χ1) is 15.5. The lowest BCUT2D eigenvalue weighted by atomic mass is 10.0. The number of carbonyl (C=O) groups is 1. The van der Waals surface area contributed by atoms with Gasteiger partial charge in [-0.25, -0.2) is 9.50 Å². The molecule has 32 heavy (non-hydrogen) atoms. The topological polar surface area (TPSA) is 84.7 Å². The molecule has 2 aliphatic heterocycles. The highest BCUT2D eigenvalue weighted by Gasteiger charge is 2.33. The lowest BCUT2D eigenvalue weighted by Gasteiger charge is -2.23. The number of pyridine rings is 1. The van der Waals surface area contributed by atoms with Crippen molar-refractivity contribution in [3.63, 3.8) is 0 Å². The molecule has 1 aromatic carbocycles. The first-order valence-electron chi connectivity index (χ1n) is 10.6. The van der Waals surface area contributed by atoms with Gasteiger partial charge in [-0.3, -0.25) is 9.78 Å². The summed E-state index contributed by atoms with van der Waals surface area (Å²) in [5, 5.41) is 7.36. The van der Waals surface area contributed by atoms with Crippen molar-refractivity contribution in [1.29, 1.82) is 0 Å². The van der Waals surface area contributed by atoms with E-state index in [2.05, 4.69) is 45.2 Å². The third kappa shape index (κ3) is 3.07. The summed E-state index contributed by atoms with van der Waals surface area (Å²) in [6.45, 7) is 5.56. The van der Waals surface area contributed by atoms with E-state index in [1.165, 1.54) is 5.56 Å². The molecule has 0 bridgehead atoms. The Balaban J connectivity index is 1.39. The summed E-state index contributed by atoms with van der Waals surface area (Å²) in [6.07, 6.45) is 7.58. The largest absolute Gasteiger partial charge is 0.487 e. The number of anilines is 2. The number of fused-ring (bicyclic) bond motifs is 3. The number of aromatic nitrogens is 4. The van der Waals surface area contributed by atoms with Crippen LogP contribution >= 0.6 is 0 Å². The molecule has 5 heterocycles. The normalized spacial score (nSPS) is 16.0. The Hall–Kier alpha value is -3.94. The maximum Gasteiger partial charge on any atom is 0.261 e. The third-order valence-corrected chi connectivity index (χ3v) is 5.98. The van der Waals surface area contributed by atoms with Crippen molar-refractivity contribution in [2.75, 3.05) is 10.2 Å². The molecule has 6 rings (SSSR count). The molecule has 8 heteroatoms. The average molecular weight is 426 g/mol. The fourth-order valence-electron chi connectivity index (χ4n) is 4.55. The van der Waals surface area contributed by atoms with E-state index in [1.54, 1.807) is 29.2 Å². The predicted molar refractivity (Wildman–Crippen MR) is 120 cm³/mol. The maximum atomic E-state index is 13.2. The van der Waals surface area contributed by atoms with Crippen LogP contribution < -0.4 is 15.0 Å². The molecular weight excluding hydrogens is 404 g/mol. The Morgan fingerprint density at radius 2 is 2.00 bits per heavy atom. The Labute approximate surface area is 184 Å². The molecule has 0 atom stereocenters. The van der Waals surface area contributed by atoms with E-state index in [0.717, 1.165) is 41.3 Å². The zero-order valence-electron chi connectivity index (χ0n) is 17.9. The van der Waals surface area contributed by atoms with Crippen LogP contribution in [0.15, 0.2) is 55.1 Å². The van der Waals surface area contributed by atoms with Crippen LogP contribution in [-0.2, 0) is 19.5 Å². The number of ether oxygens (including phenoxy) is 1. The average Bonchev–Trinajstić information content (AvgIpc) is 3.46. The van der Waals surface area contributed by atoms with E-state index in [-0.39, 0.29) is 11.5 Å². The standard InChI is InChI=1S/C24H22N6O2/c1-24(2)11-16-9-18(28-23(31)17-12-27-30-8-4-7-26-22(17)30)20(10-21(16)32-24)29-13-15-5-3-6-25-19(15)14-29/h3-10,12H,11,13-14H2,1-2H3,(H,28,31). The Morgan fingerprint density at radius 1 is 1.12 bits per heavy atom. The fourth-order valence-corrected chi connectivity index (χ4v) is 4.55. The van der Waals surface area contributed by atoms with Gasteiger partial charge in [0, 0.05) is 43.2 Å². The fraction of sp³-hybridized carbons (Fsp3) is 0.250. The van der Waals surface area contributed by atoms with Crippen LogP contribution in [0.1, 0.15) is 41.0 Å². The lowest BCUT2D eigenvalue weighted by Crippen LogP contribution is -2.24. The van der Waals surface area contributed by atoms with Crippen molar-refractivity contribution in [3.8, 4) is 5.75 Å². The molecule has 160 valence electrons. The quantitative estimate of drug-likeness (QED) is 0.539. The molecule has 4 aromatic rings. The summed E-state index contributed by atoms with van der Waals surface area (Å²) in [7, 11) is 0. The molecular formula is C24H22N6O2. The van der Waals surface area contributed by atoms with Gasteiger partial charge >= 0.3 is 0 Å². The van der Waals surface area contributed by atoms with Crippen LogP contribution in [0.3, 0.4) is 0 Å². The van der Waals surface area contributed by atoms with Crippen molar-refractivity contribution in [2.24, 2.45) is 0 Å². The first kappa shape index (κ1) is 18.8. The molecule has 2 aliphatic rings. The molecule has 1 amide bonds. The van der Waals surface area contributed by atoms with Crippen LogP contribution in [0.4, 0.5) is 11.4 Å². The van der Waals surface area contributed by atoms with Gasteiger partial charge in [0.2, 0.25) is 0 Å². The summed E-state index contributed by atoms with van der Waals surface area (Å²) in [4.78, 5) is 24.3. The lowest BCUT2D eigenvalue weighted by molar-refractivity contribution is 0.102. The summed E-state index contributed by atoms with van der Waals surface area (Å²) in [5.41, 5.74) is 5.67. The van der Waals surface area contributed by atoms with Crippen molar-refractivity contribution >= 4 is 22.9 Å². The van der Waals surface area contributed by atoms with Crippen LogP contribution in [0.2, 0.25) is 0 Å². The molecule has 1 N–H and O–H groups in total. The highest BCUT2D eigenvalue weighted by atomic mass is 16.5. The van der Waals surface area contributed by atoms with Gasteiger partial charge in [0.05, 0.1) is 29.8 Å². The van der Waals surface area contributed by atoms with E-state index in [0.29, 0.717) is 17.8 Å². The van der Waals surface area contributed by atoms with Gasteiger partial charge < -0.3 is 15.0 Å². The van der Waals surface area contributed by atoms with Crippen LogP contribution in [-0.4, -0.2) is 31.1 Å². The summed E-state index contributed by atoms with van der Waals surface area (Å²) < 4.78 is 7.78. The van der Waals surface area contributed by atoms with Crippen LogP contribution in [0.25, 0.3) is 5.65 Å². The molecule has 0 spiro atoms. The van der Waals surface area contributed by atoms with E-state index in [1.807, 2.05) is 24.4 Å². The Kier molecular flexibility index (Phi) is 3.98. The minimum atomic E-state index is -0.274. The second kappa shape index (κ2) is 6.78. The number of nitrogens with one attached hydrogen (secondary N) is 1.